The van der Waals surface area contributed by atoms with Crippen LogP contribution in [-0.4, -0.2) is 23.2 Å². The zero-order chi connectivity index (χ0) is 9.14. The molecule has 0 fully saturated rings. The minimum Gasteiger partial charge on any atom is -0.481 e. The summed E-state index contributed by atoms with van der Waals surface area (Å²) in [5.41, 5.74) is -0.0994. The maximum Gasteiger partial charge on any atom is 0.355 e. The molecule has 1 N–H and O–H groups in total. The summed E-state index contributed by atoms with van der Waals surface area (Å²) in [4.78, 5) is 14.5. The van der Waals surface area contributed by atoms with Gasteiger partial charge in [0.1, 0.15) is 0 Å². The van der Waals surface area contributed by atoms with Crippen LogP contribution >= 0.6 is 12.6 Å². The molecule has 0 atom stereocenters. The summed E-state index contributed by atoms with van der Waals surface area (Å²) in [6, 6.07) is 3.08. The van der Waals surface area contributed by atoms with Crippen molar-refractivity contribution in [1.29, 1.82) is 0 Å². The molecule has 0 aliphatic rings. The zero-order valence-electron chi connectivity index (χ0n) is 6.31. The second-order valence-electron chi connectivity index (χ2n) is 2.03. The van der Waals surface area contributed by atoms with Crippen LogP contribution in [0.3, 0.4) is 0 Å². The van der Waals surface area contributed by atoms with Crippen molar-refractivity contribution >= 4 is 18.6 Å². The molecule has 1 heterocycles. The number of nitrogens with zero attached hydrogens (tertiary/aromatic N) is 1. The largest absolute Gasteiger partial charge is 0.481 e. The van der Waals surface area contributed by atoms with E-state index in [1.54, 1.807) is 6.07 Å². The summed E-state index contributed by atoms with van der Waals surface area (Å²) < 4.78 is 4.75. The summed E-state index contributed by atoms with van der Waals surface area (Å²) in [7, 11) is 1.42. The molecule has 1 aromatic rings. The number of carbonyl (C=O) groups is 1. The van der Waals surface area contributed by atoms with E-state index in [1.165, 1.54) is 13.2 Å². The number of carboxylic acid groups (broad SMARTS) is 1. The van der Waals surface area contributed by atoms with E-state index in [4.69, 9.17) is 9.84 Å². The zero-order valence-corrected chi connectivity index (χ0v) is 7.21. The highest BCUT2D eigenvalue weighted by Gasteiger charge is 2.10. The molecule has 12 heavy (non-hydrogen) atoms. The molecule has 0 saturated heterocycles. The highest BCUT2D eigenvalue weighted by atomic mass is 32.1. The fourth-order valence-corrected chi connectivity index (χ4v) is 0.925. The molecule has 0 aromatic carbocycles. The maximum absolute atomic E-state index is 10.5. The van der Waals surface area contributed by atoms with Crippen LogP contribution < -0.4 is 4.74 Å². The Morgan fingerprint density at radius 3 is 2.83 bits per heavy atom. The van der Waals surface area contributed by atoms with E-state index < -0.39 is 5.97 Å². The molecule has 0 amide bonds. The molecule has 0 aliphatic carbocycles. The lowest BCUT2D eigenvalue weighted by molar-refractivity contribution is 0.0685. The fourth-order valence-electron chi connectivity index (χ4n) is 0.705. The highest BCUT2D eigenvalue weighted by Crippen LogP contribution is 2.15. The van der Waals surface area contributed by atoms with Crippen molar-refractivity contribution in [3.63, 3.8) is 0 Å². The summed E-state index contributed by atoms with van der Waals surface area (Å²) in [6.07, 6.45) is 0. The summed E-state index contributed by atoms with van der Waals surface area (Å²) in [6.45, 7) is 0. The SMILES string of the molecule is COc1ccc(S)c(C(=O)O)n1. The predicted molar refractivity (Wildman–Crippen MR) is 45.0 cm³/mol. The molecule has 0 radical (unpaired) electrons. The van der Waals surface area contributed by atoms with Crippen LogP contribution in [0.5, 0.6) is 5.88 Å². The Bertz CT molecular complexity index is 314. The van der Waals surface area contributed by atoms with Crippen LogP contribution in [0.15, 0.2) is 17.0 Å². The molecule has 4 nitrogen and oxygen atoms in total. The van der Waals surface area contributed by atoms with Gasteiger partial charge in [0.2, 0.25) is 5.88 Å². The number of methoxy groups -OCH3 is 1. The van der Waals surface area contributed by atoms with Crippen LogP contribution in [0.1, 0.15) is 10.5 Å². The maximum atomic E-state index is 10.5. The number of hydrogen-bond acceptors (Lipinski definition) is 4. The average molecular weight is 185 g/mol. The van der Waals surface area contributed by atoms with Crippen molar-refractivity contribution in [1.82, 2.24) is 4.98 Å². The number of aromatic carboxylic acids is 1. The van der Waals surface area contributed by atoms with Gasteiger partial charge in [0.25, 0.3) is 0 Å². The molecular formula is C7H7NO3S. The first-order chi connectivity index (χ1) is 5.65. The average Bonchev–Trinajstić information content (AvgIpc) is 2.05. The van der Waals surface area contributed by atoms with Gasteiger partial charge in [-0.1, -0.05) is 0 Å². The minimum atomic E-state index is -1.11. The lowest BCUT2D eigenvalue weighted by Crippen LogP contribution is -2.02. The Hall–Kier alpha value is -1.23. The summed E-state index contributed by atoms with van der Waals surface area (Å²) in [5, 5.41) is 8.62. The van der Waals surface area contributed by atoms with Crippen molar-refractivity contribution in [2.75, 3.05) is 7.11 Å². The lowest BCUT2D eigenvalue weighted by atomic mass is 10.3. The Morgan fingerprint density at radius 1 is 1.67 bits per heavy atom. The molecule has 1 aromatic heterocycles. The molecule has 0 aliphatic heterocycles. The third kappa shape index (κ3) is 1.68. The summed E-state index contributed by atoms with van der Waals surface area (Å²) in [5.74, 6) is -0.843. The van der Waals surface area contributed by atoms with Gasteiger partial charge in [-0.25, -0.2) is 9.78 Å². The number of thiol groups is 1. The first kappa shape index (κ1) is 8.86. The Labute approximate surface area is 74.6 Å². The monoisotopic (exact) mass is 185 g/mol. The lowest BCUT2D eigenvalue weighted by Gasteiger charge is -2.01. The predicted octanol–water partition coefficient (Wildman–Crippen LogP) is 1.08. The molecular weight excluding hydrogens is 178 g/mol. The van der Waals surface area contributed by atoms with Gasteiger partial charge in [-0.3, -0.25) is 0 Å². The van der Waals surface area contributed by atoms with Crippen LogP contribution in [0, 0.1) is 0 Å². The van der Waals surface area contributed by atoms with E-state index in [1.807, 2.05) is 0 Å². The van der Waals surface area contributed by atoms with Gasteiger partial charge in [0.15, 0.2) is 5.69 Å². The topological polar surface area (TPSA) is 59.4 Å². The van der Waals surface area contributed by atoms with Crippen molar-refractivity contribution in [3.8, 4) is 5.88 Å². The molecule has 0 saturated carbocycles. The van der Waals surface area contributed by atoms with Crippen LogP contribution in [0.4, 0.5) is 0 Å². The van der Waals surface area contributed by atoms with Crippen molar-refractivity contribution < 1.29 is 14.6 Å². The number of pyridine rings is 1. The van der Waals surface area contributed by atoms with Gasteiger partial charge in [0.05, 0.1) is 7.11 Å². The number of rotatable bonds is 2. The van der Waals surface area contributed by atoms with Crippen LogP contribution in [-0.2, 0) is 0 Å². The summed E-state index contributed by atoms with van der Waals surface area (Å²) >= 11 is 3.92. The van der Waals surface area contributed by atoms with Crippen LogP contribution in [0.2, 0.25) is 0 Å². The second-order valence-corrected chi connectivity index (χ2v) is 2.51. The number of hydrogen-bond donors (Lipinski definition) is 2. The van der Waals surface area contributed by atoms with Crippen LogP contribution in [0.25, 0.3) is 0 Å². The van der Waals surface area contributed by atoms with E-state index in [-0.39, 0.29) is 11.6 Å². The fraction of sp³-hybridized carbons (Fsp3) is 0.143. The van der Waals surface area contributed by atoms with Crippen molar-refractivity contribution in [2.45, 2.75) is 4.90 Å². The molecule has 0 unspecified atom stereocenters. The number of ether oxygens (including phenoxy) is 1. The normalized spacial score (nSPS) is 9.50. The van der Waals surface area contributed by atoms with E-state index in [2.05, 4.69) is 17.6 Å². The van der Waals surface area contributed by atoms with Gasteiger partial charge in [-0.15, -0.1) is 12.6 Å². The number of aromatic nitrogens is 1. The van der Waals surface area contributed by atoms with E-state index in [0.29, 0.717) is 4.90 Å². The first-order valence-corrected chi connectivity index (χ1v) is 3.57. The van der Waals surface area contributed by atoms with Gasteiger partial charge in [-0.05, 0) is 6.07 Å². The van der Waals surface area contributed by atoms with Gasteiger partial charge in [0, 0.05) is 11.0 Å². The Morgan fingerprint density at radius 2 is 2.33 bits per heavy atom. The van der Waals surface area contributed by atoms with Crippen molar-refractivity contribution in [3.05, 3.63) is 17.8 Å². The van der Waals surface area contributed by atoms with Gasteiger partial charge >= 0.3 is 5.97 Å². The third-order valence-electron chi connectivity index (χ3n) is 1.26. The van der Waals surface area contributed by atoms with Crippen molar-refractivity contribution in [2.24, 2.45) is 0 Å². The molecule has 64 valence electrons. The van der Waals surface area contributed by atoms with Gasteiger partial charge in [-0.2, -0.15) is 0 Å². The third-order valence-corrected chi connectivity index (χ3v) is 1.62. The van der Waals surface area contributed by atoms with E-state index in [0.717, 1.165) is 0 Å². The Kier molecular flexibility index (Phi) is 2.54. The minimum absolute atomic E-state index is 0.0994. The first-order valence-electron chi connectivity index (χ1n) is 3.12. The van der Waals surface area contributed by atoms with E-state index in [9.17, 15) is 4.79 Å². The smallest absolute Gasteiger partial charge is 0.355 e. The second kappa shape index (κ2) is 3.44. The highest BCUT2D eigenvalue weighted by molar-refractivity contribution is 7.80. The number of carboxylic acids is 1. The Balaban J connectivity index is 3.17. The molecule has 0 spiro atoms. The van der Waals surface area contributed by atoms with Gasteiger partial charge < -0.3 is 9.84 Å². The molecule has 5 heteroatoms. The standard InChI is InChI=1S/C7H7NO3S/c1-11-5-3-2-4(12)6(8-5)7(9)10/h2-3,12H,1H3,(H,9,10). The van der Waals surface area contributed by atoms with E-state index >= 15 is 0 Å². The molecule has 0 bridgehead atoms. The molecule has 1 rings (SSSR count). The quantitative estimate of drug-likeness (QED) is 0.677.